The molecule has 0 aliphatic heterocycles. The van der Waals surface area contributed by atoms with Gasteiger partial charge >= 0.3 is 0 Å². The molecule has 0 radical (unpaired) electrons. The molecule has 0 amide bonds. The molecular formula is C17H32OSi2. The van der Waals surface area contributed by atoms with E-state index in [1.165, 1.54) is 5.56 Å². The van der Waals surface area contributed by atoms with Crippen molar-refractivity contribution in [3.63, 3.8) is 0 Å². The summed E-state index contributed by atoms with van der Waals surface area (Å²) in [6, 6.07) is 10.9. The predicted octanol–water partition coefficient (Wildman–Crippen LogP) is 5.45. The van der Waals surface area contributed by atoms with Gasteiger partial charge in [-0.05, 0) is 39.1 Å². The van der Waals surface area contributed by atoms with Crippen LogP contribution in [0, 0.1) is 0 Å². The first-order valence-electron chi connectivity index (χ1n) is 7.57. The quantitative estimate of drug-likeness (QED) is 0.657. The Morgan fingerprint density at radius 3 is 1.60 bits per heavy atom. The molecule has 0 bridgehead atoms. The maximum atomic E-state index is 6.64. The molecule has 0 aliphatic carbocycles. The van der Waals surface area contributed by atoms with Gasteiger partial charge in [0.05, 0.1) is 13.7 Å². The Hall–Kier alpha value is -0.386. The molecule has 1 aromatic carbocycles. The monoisotopic (exact) mass is 308 g/mol. The zero-order valence-corrected chi connectivity index (χ0v) is 16.8. The van der Waals surface area contributed by atoms with Crippen LogP contribution in [0.15, 0.2) is 30.3 Å². The smallest absolute Gasteiger partial charge is 0.184 e. The zero-order valence-electron chi connectivity index (χ0n) is 14.8. The molecule has 1 unspecified atom stereocenters. The highest BCUT2D eigenvalue weighted by molar-refractivity contribution is 6.79. The molecule has 0 saturated carbocycles. The predicted molar refractivity (Wildman–Crippen MR) is 95.7 cm³/mol. The van der Waals surface area contributed by atoms with Crippen molar-refractivity contribution in [2.75, 3.05) is 0 Å². The van der Waals surface area contributed by atoms with E-state index in [1.807, 2.05) is 0 Å². The molecule has 0 heterocycles. The topological polar surface area (TPSA) is 9.23 Å². The van der Waals surface area contributed by atoms with Gasteiger partial charge in [-0.2, -0.15) is 0 Å². The van der Waals surface area contributed by atoms with Crippen molar-refractivity contribution in [2.24, 2.45) is 0 Å². The number of hydrogen-bond donors (Lipinski definition) is 0. The Balaban J connectivity index is 3.41. The minimum atomic E-state index is -1.59. The number of benzene rings is 1. The van der Waals surface area contributed by atoms with Crippen molar-refractivity contribution < 1.29 is 4.43 Å². The van der Waals surface area contributed by atoms with E-state index in [2.05, 4.69) is 90.4 Å². The van der Waals surface area contributed by atoms with Crippen LogP contribution in [0.5, 0.6) is 0 Å². The highest BCUT2D eigenvalue weighted by atomic mass is 28.4. The summed E-state index contributed by atoms with van der Waals surface area (Å²) in [5.41, 5.74) is 1.27. The summed E-state index contributed by atoms with van der Waals surface area (Å²) in [5.74, 6) is 0. The number of hydrogen-bond acceptors (Lipinski definition) is 1. The number of rotatable bonds is 5. The Morgan fingerprint density at radius 2 is 1.25 bits per heavy atom. The first-order valence-corrected chi connectivity index (χ1v) is 14.5. The molecule has 1 aromatic rings. The minimum absolute atomic E-state index is 0.0849. The molecule has 1 atom stereocenters. The lowest BCUT2D eigenvalue weighted by Gasteiger charge is -2.54. The Morgan fingerprint density at radius 1 is 0.800 bits per heavy atom. The van der Waals surface area contributed by atoms with Crippen molar-refractivity contribution in [1.82, 2.24) is 0 Å². The van der Waals surface area contributed by atoms with Gasteiger partial charge in [0.2, 0.25) is 0 Å². The lowest BCUT2D eigenvalue weighted by molar-refractivity contribution is 0.0524. The normalized spacial score (nSPS) is 16.9. The summed E-state index contributed by atoms with van der Waals surface area (Å²) in [5, 5.41) is 0.0849. The van der Waals surface area contributed by atoms with Gasteiger partial charge in [0, 0.05) is 5.04 Å². The Bertz CT molecular complexity index is 440. The second-order valence-corrected chi connectivity index (χ2v) is 18.4. The fourth-order valence-electron chi connectivity index (χ4n) is 3.32. The van der Waals surface area contributed by atoms with E-state index in [-0.39, 0.29) is 10.6 Å². The molecular weight excluding hydrogens is 276 g/mol. The van der Waals surface area contributed by atoms with E-state index in [1.54, 1.807) is 0 Å². The van der Waals surface area contributed by atoms with Crippen LogP contribution in [0.3, 0.4) is 0 Å². The molecule has 3 heteroatoms. The Labute approximate surface area is 127 Å². The van der Waals surface area contributed by atoms with Gasteiger partial charge in [-0.25, -0.2) is 0 Å². The molecule has 114 valence electrons. The van der Waals surface area contributed by atoms with E-state index < -0.39 is 16.4 Å². The van der Waals surface area contributed by atoms with Gasteiger partial charge < -0.3 is 4.43 Å². The lowest BCUT2D eigenvalue weighted by atomic mass is 9.85. The lowest BCUT2D eigenvalue weighted by Crippen LogP contribution is -2.63. The van der Waals surface area contributed by atoms with E-state index in [9.17, 15) is 0 Å². The fourth-order valence-corrected chi connectivity index (χ4v) is 8.05. The third kappa shape index (κ3) is 3.44. The summed E-state index contributed by atoms with van der Waals surface area (Å²) < 4.78 is 6.64. The van der Waals surface area contributed by atoms with Gasteiger partial charge in [-0.1, -0.05) is 56.9 Å². The maximum absolute atomic E-state index is 6.64. The standard InChI is InChI=1S/C17H32OSi2/c1-16(2,18-20(7,8)9)17(3,19(4,5)6)15-13-11-10-12-14-15/h10-14H,1-9H3. The molecule has 20 heavy (non-hydrogen) atoms. The highest BCUT2D eigenvalue weighted by Gasteiger charge is 2.53. The molecule has 0 saturated heterocycles. The highest BCUT2D eigenvalue weighted by Crippen LogP contribution is 2.46. The van der Waals surface area contributed by atoms with E-state index in [0.717, 1.165) is 0 Å². The van der Waals surface area contributed by atoms with Crippen molar-refractivity contribution in [2.45, 2.75) is 70.7 Å². The van der Waals surface area contributed by atoms with Gasteiger partial charge in [0.15, 0.2) is 8.32 Å². The summed E-state index contributed by atoms with van der Waals surface area (Å²) in [6.07, 6.45) is 0. The van der Waals surface area contributed by atoms with Crippen LogP contribution in [0.2, 0.25) is 39.3 Å². The average molecular weight is 309 g/mol. The van der Waals surface area contributed by atoms with Gasteiger partial charge in [0.25, 0.3) is 0 Å². The van der Waals surface area contributed by atoms with Crippen LogP contribution in [-0.2, 0) is 9.46 Å². The van der Waals surface area contributed by atoms with Crippen LogP contribution in [0.25, 0.3) is 0 Å². The van der Waals surface area contributed by atoms with Crippen LogP contribution < -0.4 is 0 Å². The Kier molecular flexibility index (Phi) is 4.80. The zero-order chi connectivity index (χ0) is 15.8. The molecule has 0 fully saturated rings. The third-order valence-corrected chi connectivity index (χ3v) is 9.63. The van der Waals surface area contributed by atoms with Crippen LogP contribution in [0.1, 0.15) is 26.3 Å². The summed E-state index contributed by atoms with van der Waals surface area (Å²) in [4.78, 5) is 0. The fraction of sp³-hybridized carbons (Fsp3) is 0.647. The second kappa shape index (κ2) is 5.43. The van der Waals surface area contributed by atoms with Crippen LogP contribution in [-0.4, -0.2) is 22.0 Å². The molecule has 1 rings (SSSR count). The third-order valence-electron chi connectivity index (χ3n) is 4.62. The first-order chi connectivity index (χ1) is 8.81. The van der Waals surface area contributed by atoms with Crippen LogP contribution in [0.4, 0.5) is 0 Å². The maximum Gasteiger partial charge on any atom is 0.184 e. The van der Waals surface area contributed by atoms with Crippen LogP contribution >= 0.6 is 0 Å². The first kappa shape index (κ1) is 17.7. The van der Waals surface area contributed by atoms with Gasteiger partial charge in [0.1, 0.15) is 0 Å². The van der Waals surface area contributed by atoms with Gasteiger partial charge in [-0.15, -0.1) is 0 Å². The summed E-state index contributed by atoms with van der Waals surface area (Å²) >= 11 is 0. The molecule has 0 aliphatic rings. The average Bonchev–Trinajstić information content (AvgIpc) is 2.24. The van der Waals surface area contributed by atoms with Crippen molar-refractivity contribution in [3.05, 3.63) is 35.9 Å². The van der Waals surface area contributed by atoms with E-state index in [4.69, 9.17) is 4.43 Å². The molecule has 0 aromatic heterocycles. The summed E-state index contributed by atoms with van der Waals surface area (Å²) in [6.45, 7) is 21.2. The van der Waals surface area contributed by atoms with E-state index in [0.29, 0.717) is 0 Å². The van der Waals surface area contributed by atoms with Crippen molar-refractivity contribution in [3.8, 4) is 0 Å². The molecule has 0 spiro atoms. The molecule has 1 nitrogen and oxygen atoms in total. The second-order valence-electron chi connectivity index (χ2n) is 8.47. The molecule has 0 N–H and O–H groups in total. The van der Waals surface area contributed by atoms with E-state index >= 15 is 0 Å². The minimum Gasteiger partial charge on any atom is -0.412 e. The van der Waals surface area contributed by atoms with Crippen molar-refractivity contribution >= 4 is 16.4 Å². The SMILES string of the molecule is CC(C)(O[Si](C)(C)C)C(C)(c1ccccc1)[Si](C)(C)C. The van der Waals surface area contributed by atoms with Crippen molar-refractivity contribution in [1.29, 1.82) is 0 Å². The largest absolute Gasteiger partial charge is 0.412 e. The summed E-state index contributed by atoms with van der Waals surface area (Å²) in [7, 11) is -3.08. The van der Waals surface area contributed by atoms with Gasteiger partial charge in [-0.3, -0.25) is 0 Å².